The molecular weight excluding hydrogens is 230 g/mol. The minimum Gasteiger partial charge on any atom is -0.389 e. The van der Waals surface area contributed by atoms with E-state index in [9.17, 15) is 5.11 Å². The van der Waals surface area contributed by atoms with Crippen LogP contribution in [0.1, 0.15) is 18.6 Å². The number of aliphatic hydroxyl groups excluding tert-OH is 1. The maximum atomic E-state index is 9.82. The lowest BCUT2D eigenvalue weighted by atomic mass is 10.1. The van der Waals surface area contributed by atoms with Crippen LogP contribution in [0.15, 0.2) is 24.3 Å². The van der Waals surface area contributed by atoms with Crippen LogP contribution < -0.4 is 4.90 Å². The molecule has 0 radical (unpaired) electrons. The molecule has 18 heavy (non-hydrogen) atoms. The summed E-state index contributed by atoms with van der Waals surface area (Å²) < 4.78 is 10.3. The first kappa shape index (κ1) is 15.0. The summed E-state index contributed by atoms with van der Waals surface area (Å²) >= 11 is 0. The van der Waals surface area contributed by atoms with E-state index in [1.807, 2.05) is 24.3 Å². The molecule has 0 fully saturated rings. The van der Waals surface area contributed by atoms with Crippen molar-refractivity contribution in [2.45, 2.75) is 13.0 Å². The van der Waals surface area contributed by atoms with Crippen molar-refractivity contribution in [3.05, 3.63) is 29.8 Å². The van der Waals surface area contributed by atoms with Crippen LogP contribution in [0.25, 0.3) is 0 Å². The predicted octanol–water partition coefficient (Wildman–Crippen LogP) is 1.84. The van der Waals surface area contributed by atoms with Crippen LogP contribution >= 0.6 is 0 Å². The molecule has 1 rings (SSSR count). The summed E-state index contributed by atoms with van der Waals surface area (Å²) in [4.78, 5) is 2.18. The van der Waals surface area contributed by atoms with Gasteiger partial charge in [0.25, 0.3) is 0 Å². The largest absolute Gasteiger partial charge is 0.389 e. The van der Waals surface area contributed by atoms with Crippen LogP contribution in [0.3, 0.4) is 0 Å². The van der Waals surface area contributed by atoms with E-state index < -0.39 is 6.10 Å². The van der Waals surface area contributed by atoms with Crippen molar-refractivity contribution in [2.75, 3.05) is 45.4 Å². The smallest absolute Gasteiger partial charge is 0.0781 e. The van der Waals surface area contributed by atoms with Crippen LogP contribution in [-0.4, -0.2) is 45.6 Å². The molecule has 0 aliphatic rings. The Morgan fingerprint density at radius 2 is 1.67 bits per heavy atom. The zero-order valence-corrected chi connectivity index (χ0v) is 11.4. The summed E-state index contributed by atoms with van der Waals surface area (Å²) in [5, 5.41) is 9.82. The van der Waals surface area contributed by atoms with E-state index in [0.29, 0.717) is 13.2 Å². The summed E-state index contributed by atoms with van der Waals surface area (Å²) in [5.41, 5.74) is 1.98. The second-order valence-electron chi connectivity index (χ2n) is 4.21. The first-order chi connectivity index (χ1) is 8.70. The molecule has 0 aliphatic heterocycles. The third-order valence-electron chi connectivity index (χ3n) is 2.86. The van der Waals surface area contributed by atoms with E-state index in [1.165, 1.54) is 0 Å². The molecule has 0 spiro atoms. The number of nitrogens with zero attached hydrogens (tertiary/aromatic N) is 1. The van der Waals surface area contributed by atoms with Gasteiger partial charge in [0.05, 0.1) is 19.3 Å². The maximum Gasteiger partial charge on any atom is 0.0781 e. The molecule has 0 saturated heterocycles. The highest BCUT2D eigenvalue weighted by Crippen LogP contribution is 2.25. The van der Waals surface area contributed by atoms with E-state index in [1.54, 1.807) is 21.1 Å². The van der Waals surface area contributed by atoms with Gasteiger partial charge < -0.3 is 19.5 Å². The predicted molar refractivity (Wildman–Crippen MR) is 73.0 cm³/mol. The highest BCUT2D eigenvalue weighted by atomic mass is 16.5. The Hall–Kier alpha value is -1.10. The van der Waals surface area contributed by atoms with Gasteiger partial charge in [0.2, 0.25) is 0 Å². The van der Waals surface area contributed by atoms with Gasteiger partial charge in [-0.15, -0.1) is 0 Å². The van der Waals surface area contributed by atoms with Crippen molar-refractivity contribution in [3.8, 4) is 0 Å². The Kier molecular flexibility index (Phi) is 6.72. The molecule has 0 aliphatic carbocycles. The van der Waals surface area contributed by atoms with Gasteiger partial charge in [-0.05, 0) is 13.0 Å². The van der Waals surface area contributed by atoms with Crippen molar-refractivity contribution in [3.63, 3.8) is 0 Å². The fourth-order valence-electron chi connectivity index (χ4n) is 1.88. The van der Waals surface area contributed by atoms with Gasteiger partial charge in [0, 0.05) is 38.6 Å². The zero-order valence-electron chi connectivity index (χ0n) is 11.4. The second-order valence-corrected chi connectivity index (χ2v) is 4.21. The summed E-state index contributed by atoms with van der Waals surface area (Å²) in [7, 11) is 3.38. The minimum atomic E-state index is -0.478. The summed E-state index contributed by atoms with van der Waals surface area (Å²) in [5.74, 6) is 0. The third kappa shape index (κ3) is 4.29. The molecule has 1 N–H and O–H groups in total. The normalized spacial score (nSPS) is 12.4. The molecule has 0 heterocycles. The minimum absolute atomic E-state index is 0.478. The number of benzene rings is 1. The number of anilines is 1. The van der Waals surface area contributed by atoms with Crippen molar-refractivity contribution >= 4 is 5.69 Å². The number of hydrogen-bond acceptors (Lipinski definition) is 4. The van der Waals surface area contributed by atoms with Gasteiger partial charge in [-0.1, -0.05) is 18.2 Å². The standard InChI is InChI=1S/C14H23NO3/c1-12(16)13-6-4-5-7-14(13)15(8-10-17-2)9-11-18-3/h4-7,12,16H,8-11H2,1-3H3. The molecular formula is C14H23NO3. The molecule has 4 nitrogen and oxygen atoms in total. The molecule has 1 unspecified atom stereocenters. The molecule has 0 saturated carbocycles. The molecule has 0 bridgehead atoms. The first-order valence-electron chi connectivity index (χ1n) is 6.20. The monoisotopic (exact) mass is 253 g/mol. The number of para-hydroxylation sites is 1. The molecule has 0 aromatic heterocycles. The summed E-state index contributed by atoms with van der Waals surface area (Å²) in [6, 6.07) is 7.89. The lowest BCUT2D eigenvalue weighted by Gasteiger charge is -2.27. The molecule has 0 amide bonds. The average molecular weight is 253 g/mol. The van der Waals surface area contributed by atoms with Crippen molar-refractivity contribution in [2.24, 2.45) is 0 Å². The SMILES string of the molecule is COCCN(CCOC)c1ccccc1C(C)O. The first-order valence-corrected chi connectivity index (χ1v) is 6.20. The van der Waals surface area contributed by atoms with Gasteiger partial charge >= 0.3 is 0 Å². The van der Waals surface area contributed by atoms with Crippen LogP contribution in [0, 0.1) is 0 Å². The molecule has 1 aromatic carbocycles. The van der Waals surface area contributed by atoms with E-state index in [4.69, 9.17) is 9.47 Å². The van der Waals surface area contributed by atoms with Crippen molar-refractivity contribution < 1.29 is 14.6 Å². The summed E-state index contributed by atoms with van der Waals surface area (Å²) in [6.45, 7) is 4.65. The molecule has 4 heteroatoms. The Bertz CT molecular complexity index is 334. The Balaban J connectivity index is 2.88. The number of rotatable bonds is 8. The topological polar surface area (TPSA) is 41.9 Å². The van der Waals surface area contributed by atoms with Gasteiger partial charge in [-0.25, -0.2) is 0 Å². The quantitative estimate of drug-likeness (QED) is 0.767. The number of ether oxygens (including phenoxy) is 2. The van der Waals surface area contributed by atoms with Crippen LogP contribution in [0.4, 0.5) is 5.69 Å². The van der Waals surface area contributed by atoms with Gasteiger partial charge in [-0.3, -0.25) is 0 Å². The molecule has 1 atom stereocenters. The number of hydrogen-bond donors (Lipinski definition) is 1. The lowest BCUT2D eigenvalue weighted by Crippen LogP contribution is -2.31. The average Bonchev–Trinajstić information content (AvgIpc) is 2.39. The highest BCUT2D eigenvalue weighted by molar-refractivity contribution is 5.54. The van der Waals surface area contributed by atoms with Crippen LogP contribution in [-0.2, 0) is 9.47 Å². The van der Waals surface area contributed by atoms with E-state index in [-0.39, 0.29) is 0 Å². The van der Waals surface area contributed by atoms with E-state index in [2.05, 4.69) is 4.90 Å². The highest BCUT2D eigenvalue weighted by Gasteiger charge is 2.13. The number of aliphatic hydroxyl groups is 1. The third-order valence-corrected chi connectivity index (χ3v) is 2.86. The Labute approximate surface area is 109 Å². The van der Waals surface area contributed by atoms with Crippen LogP contribution in [0.2, 0.25) is 0 Å². The van der Waals surface area contributed by atoms with E-state index >= 15 is 0 Å². The van der Waals surface area contributed by atoms with Gasteiger partial charge in [0.15, 0.2) is 0 Å². The van der Waals surface area contributed by atoms with E-state index in [0.717, 1.165) is 24.3 Å². The number of methoxy groups -OCH3 is 2. The lowest BCUT2D eigenvalue weighted by molar-refractivity contribution is 0.187. The Morgan fingerprint density at radius 3 is 2.17 bits per heavy atom. The summed E-state index contributed by atoms with van der Waals surface area (Å²) in [6.07, 6.45) is -0.478. The Morgan fingerprint density at radius 1 is 1.11 bits per heavy atom. The van der Waals surface area contributed by atoms with Gasteiger partial charge in [0.1, 0.15) is 0 Å². The van der Waals surface area contributed by atoms with Gasteiger partial charge in [-0.2, -0.15) is 0 Å². The fraction of sp³-hybridized carbons (Fsp3) is 0.571. The van der Waals surface area contributed by atoms with Crippen molar-refractivity contribution in [1.82, 2.24) is 0 Å². The zero-order chi connectivity index (χ0) is 13.4. The molecule has 102 valence electrons. The second kappa shape index (κ2) is 8.08. The fourth-order valence-corrected chi connectivity index (χ4v) is 1.88. The molecule has 1 aromatic rings. The van der Waals surface area contributed by atoms with Crippen molar-refractivity contribution in [1.29, 1.82) is 0 Å². The maximum absolute atomic E-state index is 9.82. The van der Waals surface area contributed by atoms with Crippen LogP contribution in [0.5, 0.6) is 0 Å².